The fourth-order valence-electron chi connectivity index (χ4n) is 9.12. The van der Waals surface area contributed by atoms with Crippen molar-refractivity contribution < 1.29 is 33.6 Å². The number of piperazine rings is 1. The molecule has 4 heterocycles. The van der Waals surface area contributed by atoms with Gasteiger partial charge in [-0.1, -0.05) is 17.7 Å². The van der Waals surface area contributed by atoms with Crippen LogP contribution in [0.25, 0.3) is 11.1 Å². The Morgan fingerprint density at radius 3 is 2.41 bits per heavy atom. The van der Waals surface area contributed by atoms with Crippen molar-refractivity contribution in [1.29, 1.82) is 5.41 Å². The smallest absolute Gasteiger partial charge is 0.264 e. The number of imide groups is 2. The molecule has 1 unspecified atom stereocenters. The number of allylic oxidation sites excluding steroid dienone is 4. The minimum Gasteiger partial charge on any atom is -0.384 e. The molecule has 7 rings (SSSR count). The van der Waals surface area contributed by atoms with Gasteiger partial charge >= 0.3 is 0 Å². The number of hydrogen-bond acceptors (Lipinski definition) is 13. The first-order valence-electron chi connectivity index (χ1n) is 22.9. The lowest BCUT2D eigenvalue weighted by Gasteiger charge is -2.35. The number of fused-ring (bicyclic) bond motifs is 1. The zero-order chi connectivity index (χ0) is 47.1. The zero-order valence-electron chi connectivity index (χ0n) is 38.2. The summed E-state index contributed by atoms with van der Waals surface area (Å²) in [5, 5.41) is 20.1. The predicted octanol–water partition coefficient (Wildman–Crippen LogP) is 5.69. The Morgan fingerprint density at radius 2 is 1.71 bits per heavy atom. The summed E-state index contributed by atoms with van der Waals surface area (Å²) in [5.41, 5.74) is 6.87. The Morgan fingerprint density at radius 1 is 0.924 bits per heavy atom. The van der Waals surface area contributed by atoms with E-state index in [1.807, 2.05) is 64.2 Å². The molecule has 3 aliphatic heterocycles. The van der Waals surface area contributed by atoms with Crippen LogP contribution in [0.3, 0.4) is 0 Å². The van der Waals surface area contributed by atoms with Crippen molar-refractivity contribution in [3.05, 3.63) is 93.7 Å². The summed E-state index contributed by atoms with van der Waals surface area (Å²) in [6, 6.07) is 11.8. The number of anilines is 3. The monoisotopic (exact) mass is 897 g/mol. The van der Waals surface area contributed by atoms with Crippen LogP contribution >= 0.6 is 0 Å². The van der Waals surface area contributed by atoms with Gasteiger partial charge in [0.2, 0.25) is 17.7 Å². The van der Waals surface area contributed by atoms with E-state index in [9.17, 15) is 33.6 Å². The van der Waals surface area contributed by atoms with Gasteiger partial charge in [-0.25, -0.2) is 4.98 Å². The van der Waals surface area contributed by atoms with E-state index in [4.69, 9.17) is 10.4 Å². The molecule has 0 spiro atoms. The molecule has 16 heteroatoms. The van der Waals surface area contributed by atoms with E-state index in [2.05, 4.69) is 31.1 Å². The van der Waals surface area contributed by atoms with Crippen LogP contribution in [0, 0.1) is 5.41 Å². The molecule has 5 amide bonds. The second kappa shape index (κ2) is 21.0. The number of aromatic nitrogens is 1. The molecule has 66 heavy (non-hydrogen) atoms. The second-order valence-electron chi connectivity index (χ2n) is 17.7. The van der Waals surface area contributed by atoms with E-state index in [1.165, 1.54) is 6.21 Å². The third kappa shape index (κ3) is 10.8. The highest BCUT2D eigenvalue weighted by Gasteiger charge is 2.45. The number of unbranched alkanes of at least 4 members (excludes halogenated alkanes) is 1. The van der Waals surface area contributed by atoms with Gasteiger partial charge in [-0.2, -0.15) is 0 Å². The van der Waals surface area contributed by atoms with Crippen molar-refractivity contribution in [2.24, 2.45) is 0 Å². The molecule has 346 valence electrons. The Labute approximate surface area is 385 Å². The number of carbonyl (C=O) groups is 7. The average molecular weight is 898 g/mol. The maximum absolute atomic E-state index is 13.8. The predicted molar refractivity (Wildman–Crippen MR) is 253 cm³/mol. The van der Waals surface area contributed by atoms with E-state index in [1.54, 1.807) is 18.2 Å². The van der Waals surface area contributed by atoms with Crippen LogP contribution in [0.2, 0.25) is 0 Å². The van der Waals surface area contributed by atoms with Crippen LogP contribution in [0.4, 0.5) is 17.2 Å². The highest BCUT2D eigenvalue weighted by Crippen LogP contribution is 2.34. The summed E-state index contributed by atoms with van der Waals surface area (Å²) in [5.74, 6) is -1.43. The Hall–Kier alpha value is -6.81. The summed E-state index contributed by atoms with van der Waals surface area (Å²) < 4.78 is 0. The summed E-state index contributed by atoms with van der Waals surface area (Å²) in [7, 11) is 0. The van der Waals surface area contributed by atoms with Crippen LogP contribution in [0.5, 0.6) is 0 Å². The molecule has 0 saturated carbocycles. The van der Waals surface area contributed by atoms with E-state index >= 15 is 0 Å². The molecule has 0 radical (unpaired) electrons. The van der Waals surface area contributed by atoms with Crippen molar-refractivity contribution in [3.63, 3.8) is 0 Å². The Kier molecular flexibility index (Phi) is 15.0. The largest absolute Gasteiger partial charge is 0.384 e. The van der Waals surface area contributed by atoms with E-state index < -0.39 is 29.7 Å². The highest BCUT2D eigenvalue weighted by atomic mass is 16.2. The molecule has 1 aromatic heterocycles. The molecular weight excluding hydrogens is 839 g/mol. The first-order chi connectivity index (χ1) is 31.7. The number of amides is 5. The number of nitrogens with one attached hydrogen (secondary N) is 5. The lowest BCUT2D eigenvalue weighted by atomic mass is 9.88. The van der Waals surface area contributed by atoms with Gasteiger partial charge in [0.05, 0.1) is 11.1 Å². The lowest BCUT2D eigenvalue weighted by Crippen LogP contribution is -2.54. The van der Waals surface area contributed by atoms with Gasteiger partial charge < -0.3 is 26.3 Å². The normalized spacial score (nSPS) is 17.8. The van der Waals surface area contributed by atoms with Gasteiger partial charge in [-0.15, -0.1) is 0 Å². The molecular formula is C50H59N9O7. The van der Waals surface area contributed by atoms with Gasteiger partial charge in [0.25, 0.3) is 11.8 Å². The lowest BCUT2D eigenvalue weighted by molar-refractivity contribution is -0.136. The van der Waals surface area contributed by atoms with Crippen molar-refractivity contribution >= 4 is 64.5 Å². The van der Waals surface area contributed by atoms with Crippen molar-refractivity contribution in [2.45, 2.75) is 91.1 Å². The van der Waals surface area contributed by atoms with Crippen LogP contribution in [0.1, 0.15) is 116 Å². The molecule has 5 N–H and O–H groups in total. The molecule has 0 bridgehead atoms. The number of nitrogens with zero attached hydrogens (tertiary/aromatic N) is 4. The van der Waals surface area contributed by atoms with Crippen molar-refractivity contribution in [1.82, 2.24) is 25.4 Å². The zero-order valence-corrected chi connectivity index (χ0v) is 38.2. The topological polar surface area (TPSA) is 214 Å². The number of benzene rings is 2. The third-order valence-electron chi connectivity index (χ3n) is 12.5. The van der Waals surface area contributed by atoms with Gasteiger partial charge in [-0.05, 0) is 106 Å². The summed E-state index contributed by atoms with van der Waals surface area (Å²) in [6.07, 6.45) is 7.73. The van der Waals surface area contributed by atoms with Gasteiger partial charge in [0, 0.05) is 118 Å². The molecule has 2 aromatic carbocycles. The molecule has 1 atom stereocenters. The maximum atomic E-state index is 13.8. The minimum absolute atomic E-state index is 0.0355. The number of ketones is 2. The number of rotatable bonds is 19. The van der Waals surface area contributed by atoms with E-state index in [-0.39, 0.29) is 53.9 Å². The number of pyridine rings is 1. The summed E-state index contributed by atoms with van der Waals surface area (Å²) >= 11 is 0. The average Bonchev–Trinajstić information content (AvgIpc) is 3.54. The van der Waals surface area contributed by atoms with Gasteiger partial charge in [0.15, 0.2) is 11.6 Å². The molecule has 2 fully saturated rings. The number of carbonyl (C=O) groups excluding carboxylic acids is 7. The van der Waals surface area contributed by atoms with E-state index in [0.29, 0.717) is 73.3 Å². The first kappa shape index (κ1) is 47.2. The van der Waals surface area contributed by atoms with Crippen molar-refractivity contribution in [2.75, 3.05) is 61.3 Å². The molecule has 2 saturated heterocycles. The van der Waals surface area contributed by atoms with Gasteiger partial charge in [-0.3, -0.25) is 48.7 Å². The van der Waals surface area contributed by atoms with Crippen LogP contribution in [0.15, 0.2) is 71.5 Å². The SMILES string of the molecule is CC1=CC(C)=C(CCC(=O)c2cc(-c3ccc(N4CCN(CCNC(=O)CCCCNc5cccc6c5C(=O)N(C5CCC(=O)NC5=O)C6=O)CC4)nc3)cc(NC(C)C)c2C=N)C(=O)C1. The first-order valence-corrected chi connectivity index (χ1v) is 22.9. The maximum Gasteiger partial charge on any atom is 0.264 e. The Bertz CT molecular complexity index is 2500. The highest BCUT2D eigenvalue weighted by molar-refractivity contribution is 6.25. The molecule has 16 nitrogen and oxygen atoms in total. The number of piperidine rings is 1. The van der Waals surface area contributed by atoms with Crippen molar-refractivity contribution in [3.8, 4) is 11.1 Å². The minimum atomic E-state index is -1.03. The standard InChI is InChI=1S/C50H59N9O7/c1-30(2)55-40-27-34(26-37(38(40)28-51)42(60)14-12-35-32(4)24-31(3)25-43(35)61)33-11-15-44(54-29-33)58-22-20-57(21-23-58)19-18-53-45(62)10-5-6-17-52-39-9-7-8-36-47(39)50(66)59(49(36)65)41-13-16-46(63)56-48(41)64/h7-9,11,15,24,26-30,41,51-52,55H,5-6,10,12-14,16-23,25H2,1-4H3,(H,53,62)(H,56,63,64). The molecule has 4 aliphatic rings. The fraction of sp³-hybridized carbons (Fsp3) is 0.420. The quantitative estimate of drug-likeness (QED) is 0.0425. The van der Waals surface area contributed by atoms with Gasteiger partial charge in [0.1, 0.15) is 11.9 Å². The number of Topliss-reactive ketones (excluding diaryl/α,β-unsaturated/α-hetero) is 2. The summed E-state index contributed by atoms with van der Waals surface area (Å²) in [4.78, 5) is 100. The van der Waals surface area contributed by atoms with E-state index in [0.717, 1.165) is 65.7 Å². The number of hydrogen-bond donors (Lipinski definition) is 5. The van der Waals surface area contributed by atoms with Crippen LogP contribution < -0.4 is 26.2 Å². The fourth-order valence-corrected chi connectivity index (χ4v) is 9.12. The second-order valence-corrected chi connectivity index (χ2v) is 17.7. The third-order valence-corrected chi connectivity index (χ3v) is 12.5. The molecule has 3 aromatic rings. The molecule has 1 aliphatic carbocycles. The van der Waals surface area contributed by atoms with Crippen LogP contribution in [-0.2, 0) is 19.2 Å². The van der Waals surface area contributed by atoms with Crippen LogP contribution in [-0.4, -0.2) is 120 Å². The summed E-state index contributed by atoms with van der Waals surface area (Å²) in [6.45, 7) is 12.8. The Balaban J connectivity index is 0.846.